The Morgan fingerprint density at radius 1 is 1.27 bits per heavy atom. The number of carbonyl (C=O) groups excluding carboxylic acids is 2. The highest BCUT2D eigenvalue weighted by Crippen LogP contribution is 2.38. The van der Waals surface area contributed by atoms with Crippen molar-refractivity contribution >= 4 is 20.2 Å². The fraction of sp³-hybridized carbons (Fsp3) is 0.667. The van der Waals surface area contributed by atoms with Crippen molar-refractivity contribution in [2.24, 2.45) is 0 Å². The molecule has 0 unspecified atom stereocenters. The van der Waals surface area contributed by atoms with Crippen LogP contribution in [0.4, 0.5) is 0 Å². The third-order valence-corrected chi connectivity index (χ3v) is 8.62. The van der Waals surface area contributed by atoms with E-state index in [2.05, 4.69) is 38.8 Å². The van der Waals surface area contributed by atoms with Gasteiger partial charge in [-0.2, -0.15) is 0 Å². The van der Waals surface area contributed by atoms with Gasteiger partial charge in [0.25, 0.3) is 0 Å². The van der Waals surface area contributed by atoms with Crippen LogP contribution in [-0.2, 0) is 14.0 Å². The highest BCUT2D eigenvalue weighted by atomic mass is 28.4. The van der Waals surface area contributed by atoms with Gasteiger partial charge in [-0.3, -0.25) is 14.2 Å². The van der Waals surface area contributed by atoms with Crippen molar-refractivity contribution in [3.05, 3.63) is 18.7 Å². The van der Waals surface area contributed by atoms with E-state index in [0.717, 1.165) is 0 Å². The zero-order valence-electron chi connectivity index (χ0n) is 14.3. The van der Waals surface area contributed by atoms with Gasteiger partial charge in [0.05, 0.1) is 26.1 Å². The van der Waals surface area contributed by atoms with E-state index in [1.54, 1.807) is 12.4 Å². The van der Waals surface area contributed by atoms with E-state index >= 15 is 0 Å². The van der Waals surface area contributed by atoms with E-state index in [-0.39, 0.29) is 29.8 Å². The minimum Gasteiger partial charge on any atom is -0.469 e. The summed E-state index contributed by atoms with van der Waals surface area (Å²) in [5, 5.41) is -0.000573. The quantitative estimate of drug-likeness (QED) is 0.594. The van der Waals surface area contributed by atoms with E-state index < -0.39 is 14.4 Å². The van der Waals surface area contributed by atoms with Crippen LogP contribution in [0.25, 0.3) is 0 Å². The summed E-state index contributed by atoms with van der Waals surface area (Å²) < 4.78 is 12.3. The first-order valence-electron chi connectivity index (χ1n) is 7.32. The van der Waals surface area contributed by atoms with Crippen LogP contribution < -0.4 is 0 Å². The van der Waals surface area contributed by atoms with Gasteiger partial charge in [0.15, 0.2) is 8.32 Å². The number of hydrogen-bond acceptors (Lipinski definition) is 5. The SMILES string of the molecule is COC(=O)C[C@@H](CC(=O)n1ccnc1)O[Si](C)(C)C(C)(C)C. The molecule has 22 heavy (non-hydrogen) atoms. The van der Waals surface area contributed by atoms with Crippen LogP contribution in [0, 0.1) is 0 Å². The van der Waals surface area contributed by atoms with Gasteiger partial charge in [-0.25, -0.2) is 4.98 Å². The number of ether oxygens (including phenoxy) is 1. The molecular weight excluding hydrogens is 300 g/mol. The Morgan fingerprint density at radius 3 is 2.36 bits per heavy atom. The minimum atomic E-state index is -2.08. The summed E-state index contributed by atoms with van der Waals surface area (Å²) in [5.74, 6) is -0.521. The smallest absolute Gasteiger partial charge is 0.308 e. The van der Waals surface area contributed by atoms with Gasteiger partial charge in [0, 0.05) is 12.4 Å². The van der Waals surface area contributed by atoms with Gasteiger partial charge in [-0.1, -0.05) is 20.8 Å². The molecule has 0 aliphatic rings. The van der Waals surface area contributed by atoms with Gasteiger partial charge in [0.1, 0.15) is 6.33 Å². The zero-order chi connectivity index (χ0) is 17.0. The second-order valence-corrected chi connectivity index (χ2v) is 11.6. The summed E-state index contributed by atoms with van der Waals surface area (Å²) in [6, 6.07) is 0. The zero-order valence-corrected chi connectivity index (χ0v) is 15.3. The summed E-state index contributed by atoms with van der Waals surface area (Å²) in [5.41, 5.74) is 0. The lowest BCUT2D eigenvalue weighted by molar-refractivity contribution is -0.142. The molecule has 0 aliphatic heterocycles. The van der Waals surface area contributed by atoms with Crippen LogP contribution in [0.2, 0.25) is 18.1 Å². The molecule has 1 aromatic rings. The van der Waals surface area contributed by atoms with Crippen molar-refractivity contribution < 1.29 is 18.8 Å². The van der Waals surface area contributed by atoms with Crippen molar-refractivity contribution in [2.45, 2.75) is 57.8 Å². The normalized spacial score (nSPS) is 13.7. The molecule has 6 nitrogen and oxygen atoms in total. The molecule has 0 amide bonds. The Kier molecular flexibility index (Phi) is 6.07. The summed E-state index contributed by atoms with van der Waals surface area (Å²) >= 11 is 0. The monoisotopic (exact) mass is 326 g/mol. The van der Waals surface area contributed by atoms with Gasteiger partial charge < -0.3 is 9.16 Å². The van der Waals surface area contributed by atoms with Gasteiger partial charge >= 0.3 is 5.97 Å². The second-order valence-electron chi connectivity index (χ2n) is 6.85. The van der Waals surface area contributed by atoms with Crippen molar-refractivity contribution in [1.29, 1.82) is 0 Å². The summed E-state index contributed by atoms with van der Waals surface area (Å²) in [6.45, 7) is 10.5. The molecule has 0 bridgehead atoms. The Morgan fingerprint density at radius 2 is 1.91 bits per heavy atom. The molecule has 0 aliphatic carbocycles. The van der Waals surface area contributed by atoms with Crippen LogP contribution in [0.5, 0.6) is 0 Å². The molecule has 0 N–H and O–H groups in total. The Hall–Kier alpha value is -1.47. The van der Waals surface area contributed by atoms with Gasteiger partial charge in [-0.15, -0.1) is 0 Å². The van der Waals surface area contributed by atoms with E-state index in [1.807, 2.05) is 0 Å². The molecule has 7 heteroatoms. The molecule has 1 atom stereocenters. The van der Waals surface area contributed by atoms with E-state index in [1.165, 1.54) is 18.0 Å². The number of carbonyl (C=O) groups is 2. The maximum absolute atomic E-state index is 12.2. The predicted molar refractivity (Wildman–Crippen MR) is 86.2 cm³/mol. The number of methoxy groups -OCH3 is 1. The maximum atomic E-state index is 12.2. The van der Waals surface area contributed by atoms with E-state index in [4.69, 9.17) is 9.16 Å². The Bertz CT molecular complexity index is 506. The number of nitrogens with zero attached hydrogens (tertiary/aromatic N) is 2. The maximum Gasteiger partial charge on any atom is 0.308 e. The second kappa shape index (κ2) is 7.19. The highest BCUT2D eigenvalue weighted by Gasteiger charge is 2.40. The fourth-order valence-electron chi connectivity index (χ4n) is 1.72. The number of aromatic nitrogens is 2. The number of esters is 1. The van der Waals surface area contributed by atoms with Crippen LogP contribution in [0.3, 0.4) is 0 Å². The van der Waals surface area contributed by atoms with Crippen molar-refractivity contribution in [3.63, 3.8) is 0 Å². The summed E-state index contributed by atoms with van der Waals surface area (Å²) in [6.07, 6.45) is 4.29. The number of rotatable bonds is 6. The molecule has 0 fully saturated rings. The largest absolute Gasteiger partial charge is 0.469 e. The predicted octanol–water partition coefficient (Wildman–Crippen LogP) is 2.87. The lowest BCUT2D eigenvalue weighted by Crippen LogP contribution is -2.45. The summed E-state index contributed by atoms with van der Waals surface area (Å²) in [4.78, 5) is 27.7. The first-order chi connectivity index (χ1) is 10.1. The molecule has 0 saturated heterocycles. The molecule has 124 valence electrons. The highest BCUT2D eigenvalue weighted by molar-refractivity contribution is 6.74. The van der Waals surface area contributed by atoms with Crippen LogP contribution >= 0.6 is 0 Å². The van der Waals surface area contributed by atoms with Crippen molar-refractivity contribution in [3.8, 4) is 0 Å². The standard InChI is InChI=1S/C15H26N2O4Si/c1-15(2,3)22(5,6)21-12(10-14(19)20-4)9-13(18)17-8-7-16-11-17/h7-8,11-12H,9-10H2,1-6H3/t12-/m1/s1. The third-order valence-electron chi connectivity index (χ3n) is 4.08. The van der Waals surface area contributed by atoms with Gasteiger partial charge in [-0.05, 0) is 18.1 Å². The molecule has 0 radical (unpaired) electrons. The Balaban J connectivity index is 2.84. The lowest BCUT2D eigenvalue weighted by Gasteiger charge is -2.39. The lowest BCUT2D eigenvalue weighted by atomic mass is 10.2. The topological polar surface area (TPSA) is 70.4 Å². The minimum absolute atomic E-state index is 0.000573. The molecule has 0 aromatic carbocycles. The van der Waals surface area contributed by atoms with Crippen LogP contribution in [0.1, 0.15) is 38.4 Å². The first kappa shape index (κ1) is 18.6. The van der Waals surface area contributed by atoms with Crippen molar-refractivity contribution in [1.82, 2.24) is 9.55 Å². The van der Waals surface area contributed by atoms with E-state index in [0.29, 0.717) is 0 Å². The van der Waals surface area contributed by atoms with Crippen LogP contribution in [-0.4, -0.2) is 43.0 Å². The molecule has 1 rings (SSSR count). The molecule has 0 spiro atoms. The summed E-state index contributed by atoms with van der Waals surface area (Å²) in [7, 11) is -0.747. The number of hydrogen-bond donors (Lipinski definition) is 0. The molecule has 1 heterocycles. The average molecular weight is 326 g/mol. The van der Waals surface area contributed by atoms with Crippen LogP contribution in [0.15, 0.2) is 18.7 Å². The first-order valence-corrected chi connectivity index (χ1v) is 10.2. The molecule has 0 saturated carbocycles. The van der Waals surface area contributed by atoms with E-state index in [9.17, 15) is 9.59 Å². The van der Waals surface area contributed by atoms with Gasteiger partial charge in [0.2, 0.25) is 5.91 Å². The third kappa shape index (κ3) is 5.06. The number of imidazole rings is 1. The fourth-order valence-corrected chi connectivity index (χ4v) is 3.08. The van der Waals surface area contributed by atoms with Crippen molar-refractivity contribution in [2.75, 3.05) is 7.11 Å². The molecular formula is C15H26N2O4Si. The Labute approximate surface area is 133 Å². The average Bonchev–Trinajstić information content (AvgIpc) is 2.90. The molecule has 1 aromatic heterocycles.